The van der Waals surface area contributed by atoms with Crippen molar-refractivity contribution in [1.29, 1.82) is 0 Å². The Bertz CT molecular complexity index is 762. The molecule has 2 aromatic carbocycles. The van der Waals surface area contributed by atoms with Gasteiger partial charge in [0.1, 0.15) is 0 Å². The van der Waals surface area contributed by atoms with Crippen LogP contribution in [-0.4, -0.2) is 59.6 Å². The van der Waals surface area contributed by atoms with Gasteiger partial charge < -0.3 is 26.0 Å². The van der Waals surface area contributed by atoms with Gasteiger partial charge >= 0.3 is 0 Å². The second kappa shape index (κ2) is 16.6. The number of carbonyl (C=O) groups is 1. The standard InChI is InChI=1S/C19H25ClN4O.C2H6O.CH2S/c1-14-11-16(21)4-6-19(14)24(9-7-22-2)10-8-23-17-5-3-15(13-25)18(20)12-17;1-3-2;1-2/h3-6,11-13,22-23H,7-10,21H2,1-2H3;1-2H3;1H2. The fourth-order valence-corrected chi connectivity index (χ4v) is 2.93. The molecule has 0 amide bonds. The van der Waals surface area contributed by atoms with Crippen LogP contribution < -0.4 is 21.3 Å². The van der Waals surface area contributed by atoms with Crippen LogP contribution in [0.15, 0.2) is 36.4 Å². The van der Waals surface area contributed by atoms with Crippen molar-refractivity contribution >= 4 is 53.0 Å². The lowest BCUT2D eigenvalue weighted by Gasteiger charge is -2.27. The third kappa shape index (κ3) is 10.0. The first-order chi connectivity index (χ1) is 14.5. The van der Waals surface area contributed by atoms with Crippen LogP contribution in [0.5, 0.6) is 0 Å². The van der Waals surface area contributed by atoms with Gasteiger partial charge in [0, 0.05) is 63.0 Å². The Morgan fingerprint density at radius 3 is 2.33 bits per heavy atom. The molecule has 6 nitrogen and oxygen atoms in total. The summed E-state index contributed by atoms with van der Waals surface area (Å²) in [6.07, 6.45) is 0.759. The molecule has 0 aromatic heterocycles. The van der Waals surface area contributed by atoms with Gasteiger partial charge in [-0.2, -0.15) is 0 Å². The fourth-order valence-electron chi connectivity index (χ4n) is 2.70. The van der Waals surface area contributed by atoms with E-state index in [0.717, 1.165) is 49.4 Å². The van der Waals surface area contributed by atoms with Gasteiger partial charge in [0.15, 0.2) is 6.29 Å². The number of nitrogen functional groups attached to an aromatic ring is 1. The molecule has 4 N–H and O–H groups in total. The molecular weight excluding hydrogens is 420 g/mol. The number of aldehydes is 1. The predicted octanol–water partition coefficient (Wildman–Crippen LogP) is 4.06. The van der Waals surface area contributed by atoms with Crippen LogP contribution in [0.25, 0.3) is 0 Å². The molecule has 0 heterocycles. The molecule has 2 rings (SSSR count). The average molecular weight is 453 g/mol. The van der Waals surface area contributed by atoms with Crippen molar-refractivity contribution in [3.63, 3.8) is 0 Å². The van der Waals surface area contributed by atoms with Crippen molar-refractivity contribution in [2.24, 2.45) is 0 Å². The molecule has 0 spiro atoms. The van der Waals surface area contributed by atoms with E-state index < -0.39 is 0 Å². The highest BCUT2D eigenvalue weighted by Gasteiger charge is 2.09. The normalized spacial score (nSPS) is 9.50. The molecule has 0 atom stereocenters. The van der Waals surface area contributed by atoms with E-state index >= 15 is 0 Å². The number of hydrogen-bond acceptors (Lipinski definition) is 7. The number of halogens is 1. The molecule has 0 unspecified atom stereocenters. The van der Waals surface area contributed by atoms with Crippen molar-refractivity contribution in [2.75, 3.05) is 63.4 Å². The zero-order valence-corrected chi connectivity index (χ0v) is 19.8. The molecule has 0 saturated heterocycles. The summed E-state index contributed by atoms with van der Waals surface area (Å²) in [6.45, 7) is 5.45. The number of nitrogens with one attached hydrogen (secondary N) is 2. The smallest absolute Gasteiger partial charge is 0.151 e. The Hall–Kier alpha value is -2.19. The largest absolute Gasteiger partial charge is 0.399 e. The molecule has 8 heteroatoms. The molecular formula is C22H33ClN4O2S. The quantitative estimate of drug-likeness (QED) is 0.300. The Morgan fingerprint density at radius 2 is 1.80 bits per heavy atom. The highest BCUT2D eigenvalue weighted by atomic mass is 35.5. The van der Waals surface area contributed by atoms with E-state index in [1.165, 1.54) is 5.69 Å². The minimum Gasteiger partial charge on any atom is -0.399 e. The van der Waals surface area contributed by atoms with Gasteiger partial charge in [-0.3, -0.25) is 4.79 Å². The molecule has 0 aliphatic heterocycles. The van der Waals surface area contributed by atoms with Gasteiger partial charge in [-0.1, -0.05) is 23.8 Å². The molecule has 0 bridgehead atoms. The SMILES string of the molecule is C=S.CNCCN(CCNc1ccc(C=O)c(Cl)c1)c1ccc(N)cc1C.COC. The third-order valence-electron chi connectivity index (χ3n) is 4.03. The van der Waals surface area contributed by atoms with Crippen molar-refractivity contribution in [2.45, 2.75) is 6.92 Å². The van der Waals surface area contributed by atoms with Crippen molar-refractivity contribution in [3.05, 3.63) is 52.5 Å². The molecule has 0 aliphatic carbocycles. The fraction of sp³-hybridized carbons (Fsp3) is 0.364. The monoisotopic (exact) mass is 452 g/mol. The minimum absolute atomic E-state index is 0.460. The summed E-state index contributed by atoms with van der Waals surface area (Å²) in [4.78, 5) is 13.1. The van der Waals surface area contributed by atoms with Crippen LogP contribution in [-0.2, 0) is 4.74 Å². The summed E-state index contributed by atoms with van der Waals surface area (Å²) < 4.78 is 4.25. The number of carbonyl (C=O) groups excluding carboxylic acids is 1. The number of ether oxygens (including phenoxy) is 1. The molecule has 0 fully saturated rings. The molecule has 0 saturated carbocycles. The van der Waals surface area contributed by atoms with E-state index in [4.69, 9.17) is 17.3 Å². The maximum Gasteiger partial charge on any atom is 0.151 e. The number of likely N-dealkylation sites (N-methyl/N-ethyl adjacent to an activating group) is 1. The first-order valence-corrected chi connectivity index (χ1v) is 10.4. The van der Waals surface area contributed by atoms with E-state index in [2.05, 4.69) is 51.3 Å². The number of hydrogen-bond donors (Lipinski definition) is 3. The zero-order valence-electron chi connectivity index (χ0n) is 18.2. The van der Waals surface area contributed by atoms with E-state index in [0.29, 0.717) is 10.6 Å². The number of nitrogens with two attached hydrogens (primary N) is 1. The molecule has 166 valence electrons. The number of anilines is 3. The summed E-state index contributed by atoms with van der Waals surface area (Å²) in [6, 6.07) is 11.4. The van der Waals surface area contributed by atoms with Gasteiger partial charge in [-0.05, 0) is 61.8 Å². The lowest BCUT2D eigenvalue weighted by atomic mass is 10.1. The summed E-state index contributed by atoms with van der Waals surface area (Å²) in [5.74, 6) is 2.83. The van der Waals surface area contributed by atoms with Gasteiger partial charge in [0.2, 0.25) is 0 Å². The van der Waals surface area contributed by atoms with Gasteiger partial charge in [0.25, 0.3) is 0 Å². The highest BCUT2D eigenvalue weighted by Crippen LogP contribution is 2.23. The highest BCUT2D eigenvalue weighted by molar-refractivity contribution is 7.77. The van der Waals surface area contributed by atoms with Gasteiger partial charge in [-0.25, -0.2) is 0 Å². The number of aryl methyl sites for hydroxylation is 1. The Balaban J connectivity index is 0.00000154. The summed E-state index contributed by atoms with van der Waals surface area (Å²) >= 11 is 9.90. The molecule has 0 radical (unpaired) electrons. The van der Waals surface area contributed by atoms with Crippen molar-refractivity contribution in [1.82, 2.24) is 5.32 Å². The lowest BCUT2D eigenvalue weighted by molar-refractivity contribution is 0.112. The predicted molar refractivity (Wildman–Crippen MR) is 135 cm³/mol. The number of benzene rings is 2. The minimum atomic E-state index is 0.460. The molecule has 30 heavy (non-hydrogen) atoms. The molecule has 2 aromatic rings. The van der Waals surface area contributed by atoms with E-state index in [1.54, 1.807) is 26.4 Å². The summed E-state index contributed by atoms with van der Waals surface area (Å²) in [5, 5.41) is 7.01. The number of rotatable bonds is 9. The lowest BCUT2D eigenvalue weighted by Crippen LogP contribution is -2.35. The van der Waals surface area contributed by atoms with Crippen LogP contribution in [0.2, 0.25) is 5.02 Å². The van der Waals surface area contributed by atoms with Crippen LogP contribution in [0, 0.1) is 6.92 Å². The average Bonchev–Trinajstić information content (AvgIpc) is 2.73. The summed E-state index contributed by atoms with van der Waals surface area (Å²) in [7, 11) is 5.20. The van der Waals surface area contributed by atoms with E-state index in [1.807, 2.05) is 25.2 Å². The van der Waals surface area contributed by atoms with Crippen LogP contribution in [0.4, 0.5) is 17.1 Å². The van der Waals surface area contributed by atoms with Gasteiger partial charge in [0.05, 0.1) is 5.02 Å². The first-order valence-electron chi connectivity index (χ1n) is 9.40. The topological polar surface area (TPSA) is 79.6 Å². The van der Waals surface area contributed by atoms with Crippen molar-refractivity contribution in [3.8, 4) is 0 Å². The number of nitrogens with zero attached hydrogens (tertiary/aromatic N) is 1. The number of methoxy groups -OCH3 is 1. The van der Waals surface area contributed by atoms with Crippen LogP contribution in [0.1, 0.15) is 15.9 Å². The van der Waals surface area contributed by atoms with Crippen LogP contribution >= 0.6 is 23.8 Å². The molecule has 0 aliphatic rings. The Labute approximate surface area is 190 Å². The Kier molecular flexibility index (Phi) is 15.4. The van der Waals surface area contributed by atoms with Crippen molar-refractivity contribution < 1.29 is 9.53 Å². The second-order valence-corrected chi connectivity index (χ2v) is 6.73. The first kappa shape index (κ1) is 27.8. The van der Waals surface area contributed by atoms with E-state index in [9.17, 15) is 4.79 Å². The van der Waals surface area contributed by atoms with Crippen LogP contribution in [0.3, 0.4) is 0 Å². The second-order valence-electron chi connectivity index (χ2n) is 6.33. The Morgan fingerprint density at radius 1 is 1.17 bits per heavy atom. The number of thiocarbonyl (C=S) groups is 1. The maximum atomic E-state index is 10.8. The third-order valence-corrected chi connectivity index (χ3v) is 4.36. The summed E-state index contributed by atoms with van der Waals surface area (Å²) in [5.41, 5.74) is 10.4. The van der Waals surface area contributed by atoms with E-state index in [-0.39, 0.29) is 0 Å². The maximum absolute atomic E-state index is 10.8. The van der Waals surface area contributed by atoms with Gasteiger partial charge in [-0.15, -0.1) is 0 Å². The zero-order chi connectivity index (χ0) is 22.9.